The first-order valence-corrected chi connectivity index (χ1v) is 8.93. The molecule has 0 aromatic carbocycles. The summed E-state index contributed by atoms with van der Waals surface area (Å²) in [6, 6.07) is 0. The van der Waals surface area contributed by atoms with Gasteiger partial charge in [-0.05, 0) is 19.9 Å². The summed E-state index contributed by atoms with van der Waals surface area (Å²) in [5, 5.41) is 12.1. The molecular weight excluding hydrogens is 286 g/mol. The van der Waals surface area contributed by atoms with Crippen LogP contribution in [-0.4, -0.2) is 51.7 Å². The summed E-state index contributed by atoms with van der Waals surface area (Å²) < 4.78 is 27.8. The largest absolute Gasteiger partial charge is 0.383 e. The molecule has 1 aromatic heterocycles. The Morgan fingerprint density at radius 2 is 2.11 bits per heavy atom. The van der Waals surface area contributed by atoms with Crippen LogP contribution in [0.1, 0.15) is 28.6 Å². The molecule has 0 saturated carbocycles. The number of hydrogen-bond donors (Lipinski definition) is 1. The summed E-state index contributed by atoms with van der Waals surface area (Å²) >= 11 is 1.38. The molecule has 0 spiro atoms. The molecule has 1 rings (SSSR count). The average molecular weight is 307 g/mol. The average Bonchev–Trinajstić information content (AvgIpc) is 2.80. The molecule has 8 heteroatoms. The Hall–Kier alpha value is -0.570. The quantitative estimate of drug-likeness (QED) is 0.680. The molecular formula is C11H21N3O3S2. The maximum absolute atomic E-state index is 11.4. The van der Waals surface area contributed by atoms with E-state index in [1.165, 1.54) is 17.6 Å². The molecule has 19 heavy (non-hydrogen) atoms. The van der Waals surface area contributed by atoms with Gasteiger partial charge in [-0.15, -0.1) is 21.5 Å². The van der Waals surface area contributed by atoms with Crippen molar-refractivity contribution in [2.24, 2.45) is 0 Å². The van der Waals surface area contributed by atoms with E-state index in [1.807, 2.05) is 0 Å². The van der Waals surface area contributed by atoms with Crippen LogP contribution in [0.4, 0.5) is 0 Å². The van der Waals surface area contributed by atoms with Crippen LogP contribution in [0.5, 0.6) is 0 Å². The SMILES string of the molecule is COCCNCCCc1nnc(C(C)S(C)(=O)=O)s1. The highest BCUT2D eigenvalue weighted by atomic mass is 32.2. The Labute approximate surface area is 118 Å². The van der Waals surface area contributed by atoms with Crippen LogP contribution in [0, 0.1) is 0 Å². The number of methoxy groups -OCH3 is 1. The van der Waals surface area contributed by atoms with Crippen LogP contribution in [-0.2, 0) is 21.0 Å². The van der Waals surface area contributed by atoms with E-state index in [0.717, 1.165) is 30.9 Å². The monoisotopic (exact) mass is 307 g/mol. The topological polar surface area (TPSA) is 81.2 Å². The van der Waals surface area contributed by atoms with Crippen molar-refractivity contribution in [1.29, 1.82) is 0 Å². The third kappa shape index (κ3) is 5.94. The predicted octanol–water partition coefficient (Wildman–Crippen LogP) is 0.812. The van der Waals surface area contributed by atoms with Crippen LogP contribution in [0.3, 0.4) is 0 Å². The second-order valence-corrected chi connectivity index (χ2v) is 7.81. The first-order valence-electron chi connectivity index (χ1n) is 6.16. The fourth-order valence-electron chi connectivity index (χ4n) is 1.38. The van der Waals surface area contributed by atoms with Gasteiger partial charge in [-0.2, -0.15) is 0 Å². The molecule has 6 nitrogen and oxygen atoms in total. The van der Waals surface area contributed by atoms with E-state index in [9.17, 15) is 8.42 Å². The molecule has 1 unspecified atom stereocenters. The highest BCUT2D eigenvalue weighted by Crippen LogP contribution is 2.24. The second-order valence-electron chi connectivity index (χ2n) is 4.35. The number of nitrogens with zero attached hydrogens (tertiary/aromatic N) is 2. The van der Waals surface area contributed by atoms with Gasteiger partial charge in [0.1, 0.15) is 15.3 Å². The summed E-state index contributed by atoms with van der Waals surface area (Å²) in [4.78, 5) is 0. The van der Waals surface area contributed by atoms with Gasteiger partial charge in [0, 0.05) is 26.3 Å². The fourth-order valence-corrected chi connectivity index (χ4v) is 3.28. The van der Waals surface area contributed by atoms with E-state index in [4.69, 9.17) is 4.74 Å². The van der Waals surface area contributed by atoms with E-state index in [-0.39, 0.29) is 0 Å². The van der Waals surface area contributed by atoms with Crippen molar-refractivity contribution >= 4 is 21.2 Å². The number of sulfone groups is 1. The molecule has 1 heterocycles. The molecule has 0 radical (unpaired) electrons. The summed E-state index contributed by atoms with van der Waals surface area (Å²) in [6.07, 6.45) is 2.98. The van der Waals surface area contributed by atoms with Crippen molar-refractivity contribution in [3.05, 3.63) is 10.0 Å². The zero-order chi connectivity index (χ0) is 14.3. The number of aromatic nitrogens is 2. The lowest BCUT2D eigenvalue weighted by atomic mass is 10.3. The Balaban J connectivity index is 2.35. The third-order valence-electron chi connectivity index (χ3n) is 2.70. The summed E-state index contributed by atoms with van der Waals surface area (Å²) in [5.41, 5.74) is 0. The lowest BCUT2D eigenvalue weighted by Gasteiger charge is -2.03. The number of nitrogens with one attached hydrogen (secondary N) is 1. The van der Waals surface area contributed by atoms with Crippen LogP contribution < -0.4 is 5.32 Å². The molecule has 1 N–H and O–H groups in total. The molecule has 110 valence electrons. The van der Waals surface area contributed by atoms with E-state index in [0.29, 0.717) is 11.6 Å². The molecule has 0 aliphatic carbocycles. The molecule has 0 aliphatic rings. The van der Waals surface area contributed by atoms with Gasteiger partial charge in [-0.3, -0.25) is 0 Å². The molecule has 1 atom stereocenters. The number of rotatable bonds is 9. The Kier molecular flexibility index (Phi) is 6.84. The second kappa shape index (κ2) is 7.88. The van der Waals surface area contributed by atoms with E-state index in [2.05, 4.69) is 15.5 Å². The van der Waals surface area contributed by atoms with Crippen molar-refractivity contribution in [3.63, 3.8) is 0 Å². The molecule has 1 aromatic rings. The van der Waals surface area contributed by atoms with Gasteiger partial charge in [0.15, 0.2) is 9.84 Å². The molecule has 0 amide bonds. The molecule has 0 fully saturated rings. The first-order chi connectivity index (χ1) is 8.95. The van der Waals surface area contributed by atoms with Crippen LogP contribution >= 0.6 is 11.3 Å². The zero-order valence-corrected chi connectivity index (χ0v) is 13.2. The Morgan fingerprint density at radius 3 is 2.74 bits per heavy atom. The number of ether oxygens (including phenoxy) is 1. The summed E-state index contributed by atoms with van der Waals surface area (Å²) in [5.74, 6) is 0. The van der Waals surface area contributed by atoms with Crippen LogP contribution in [0.25, 0.3) is 0 Å². The first kappa shape index (κ1) is 16.5. The number of hydrogen-bond acceptors (Lipinski definition) is 7. The Morgan fingerprint density at radius 1 is 1.37 bits per heavy atom. The fraction of sp³-hybridized carbons (Fsp3) is 0.818. The molecule has 0 saturated heterocycles. The van der Waals surface area contributed by atoms with Gasteiger partial charge in [0.2, 0.25) is 0 Å². The van der Waals surface area contributed by atoms with Crippen molar-refractivity contribution in [2.45, 2.75) is 25.0 Å². The minimum atomic E-state index is -3.10. The standard InChI is InChI=1S/C11H21N3O3S2/c1-9(19(3,15)16)11-14-13-10(18-11)5-4-6-12-7-8-17-2/h9,12H,4-8H2,1-3H3. The lowest BCUT2D eigenvalue weighted by Crippen LogP contribution is -2.20. The minimum absolute atomic E-state index is 0.571. The van der Waals surface area contributed by atoms with Gasteiger partial charge >= 0.3 is 0 Å². The minimum Gasteiger partial charge on any atom is -0.383 e. The third-order valence-corrected chi connectivity index (χ3v) is 5.52. The molecule has 0 bridgehead atoms. The maximum atomic E-state index is 11.4. The van der Waals surface area contributed by atoms with E-state index < -0.39 is 15.1 Å². The summed E-state index contributed by atoms with van der Waals surface area (Å²) in [7, 11) is -1.42. The van der Waals surface area contributed by atoms with Crippen molar-refractivity contribution in [2.75, 3.05) is 33.1 Å². The van der Waals surface area contributed by atoms with Crippen molar-refractivity contribution < 1.29 is 13.2 Å². The zero-order valence-electron chi connectivity index (χ0n) is 11.5. The van der Waals surface area contributed by atoms with Gasteiger partial charge in [0.25, 0.3) is 0 Å². The van der Waals surface area contributed by atoms with E-state index >= 15 is 0 Å². The molecule has 0 aliphatic heterocycles. The van der Waals surface area contributed by atoms with E-state index in [1.54, 1.807) is 14.0 Å². The smallest absolute Gasteiger partial charge is 0.156 e. The highest BCUT2D eigenvalue weighted by molar-refractivity contribution is 7.91. The van der Waals surface area contributed by atoms with Crippen molar-refractivity contribution in [3.8, 4) is 0 Å². The van der Waals surface area contributed by atoms with Gasteiger partial charge in [-0.1, -0.05) is 0 Å². The highest BCUT2D eigenvalue weighted by Gasteiger charge is 2.21. The lowest BCUT2D eigenvalue weighted by molar-refractivity contribution is 0.199. The maximum Gasteiger partial charge on any atom is 0.156 e. The van der Waals surface area contributed by atoms with Gasteiger partial charge in [-0.25, -0.2) is 8.42 Å². The summed E-state index contributed by atoms with van der Waals surface area (Å²) in [6.45, 7) is 4.07. The predicted molar refractivity (Wildman–Crippen MR) is 76.2 cm³/mol. The normalized spacial score (nSPS) is 13.6. The van der Waals surface area contributed by atoms with Gasteiger partial charge < -0.3 is 10.1 Å². The van der Waals surface area contributed by atoms with Crippen LogP contribution in [0.15, 0.2) is 0 Å². The van der Waals surface area contributed by atoms with Gasteiger partial charge in [0.05, 0.1) is 6.61 Å². The van der Waals surface area contributed by atoms with Crippen molar-refractivity contribution in [1.82, 2.24) is 15.5 Å². The van der Waals surface area contributed by atoms with Crippen LogP contribution in [0.2, 0.25) is 0 Å². The number of aryl methyl sites for hydroxylation is 1. The Bertz CT molecular complexity index is 473.